The molecule has 2 N–H and O–H groups in total. The summed E-state index contributed by atoms with van der Waals surface area (Å²) in [6.45, 7) is 10.3. The lowest BCUT2D eigenvalue weighted by Gasteiger charge is -2.49. The van der Waals surface area contributed by atoms with E-state index in [1.807, 2.05) is 5.43 Å². The Morgan fingerprint density at radius 1 is 0.872 bits per heavy atom. The Kier molecular flexibility index (Phi) is 8.34. The Morgan fingerprint density at radius 3 is 1.90 bits per heavy atom. The fourth-order valence-corrected chi connectivity index (χ4v) is 4.69. The van der Waals surface area contributed by atoms with E-state index in [4.69, 9.17) is 32.7 Å². The van der Waals surface area contributed by atoms with Crippen LogP contribution in [0.1, 0.15) is 47.1 Å². The summed E-state index contributed by atoms with van der Waals surface area (Å²) < 4.78 is 40.3. The van der Waals surface area contributed by atoms with Crippen LogP contribution < -0.4 is 10.9 Å². The van der Waals surface area contributed by atoms with Gasteiger partial charge in [-0.05, 0) is 53.7 Å². The van der Waals surface area contributed by atoms with Crippen LogP contribution in [-0.4, -0.2) is 71.2 Å². The van der Waals surface area contributed by atoms with Crippen LogP contribution in [0.2, 0.25) is 10.0 Å². The molecule has 14 heteroatoms. The zero-order valence-electron chi connectivity index (χ0n) is 22.5. The van der Waals surface area contributed by atoms with Crippen LogP contribution in [-0.2, 0) is 25.0 Å². The first-order chi connectivity index (χ1) is 17.7. The third kappa shape index (κ3) is 7.02. The molecule has 2 aliphatic rings. The van der Waals surface area contributed by atoms with E-state index in [0.29, 0.717) is 0 Å². The first kappa shape index (κ1) is 30.7. The maximum atomic E-state index is 14.7. The van der Waals surface area contributed by atoms with Crippen molar-refractivity contribution in [3.63, 3.8) is 0 Å². The van der Waals surface area contributed by atoms with Gasteiger partial charge in [0.25, 0.3) is 0 Å². The zero-order chi connectivity index (χ0) is 29.6. The summed E-state index contributed by atoms with van der Waals surface area (Å²) in [5, 5.41) is -0.132. The highest BCUT2D eigenvalue weighted by Gasteiger charge is 2.60. The largest absolute Gasteiger partial charge is 0.444 e. The van der Waals surface area contributed by atoms with Gasteiger partial charge in [0.2, 0.25) is 5.91 Å². The third-order valence-electron chi connectivity index (χ3n) is 6.15. The van der Waals surface area contributed by atoms with Crippen molar-refractivity contribution in [1.29, 1.82) is 0 Å². The SMILES string of the molecule is CC(C)(C)OC(=O)N1CC(C(=O)NNC(=O)C(F)(F)c2ccc(Cl)c(Cl)c2)C2(C1)CN(C(=O)OC(C)(C)C)C2. The molecule has 1 atom stereocenters. The normalized spacial score (nSPS) is 18.9. The first-order valence-corrected chi connectivity index (χ1v) is 12.9. The molecule has 0 radical (unpaired) electrons. The quantitative estimate of drug-likeness (QED) is 0.504. The lowest BCUT2D eigenvalue weighted by molar-refractivity contribution is -0.151. The number of ether oxygens (including phenoxy) is 2. The first-order valence-electron chi connectivity index (χ1n) is 12.1. The topological polar surface area (TPSA) is 117 Å². The van der Waals surface area contributed by atoms with Gasteiger partial charge in [0.1, 0.15) is 11.2 Å². The molecule has 0 aliphatic carbocycles. The molecule has 39 heavy (non-hydrogen) atoms. The Labute approximate surface area is 235 Å². The maximum absolute atomic E-state index is 14.7. The van der Waals surface area contributed by atoms with E-state index < -0.39 is 58.0 Å². The number of carbonyl (C=O) groups is 4. The Morgan fingerprint density at radius 2 is 1.38 bits per heavy atom. The van der Waals surface area contributed by atoms with E-state index in [2.05, 4.69) is 0 Å². The van der Waals surface area contributed by atoms with E-state index in [1.165, 1.54) is 9.80 Å². The van der Waals surface area contributed by atoms with Crippen LogP contribution in [0.3, 0.4) is 0 Å². The van der Waals surface area contributed by atoms with Gasteiger partial charge in [0, 0.05) is 37.2 Å². The maximum Gasteiger partial charge on any atom is 0.410 e. The summed E-state index contributed by atoms with van der Waals surface area (Å²) in [7, 11) is 0. The lowest BCUT2D eigenvalue weighted by atomic mass is 9.71. The molecule has 1 aromatic rings. The standard InChI is InChI=1S/C25H32Cl2F2N4O6/c1-22(2,3)38-20(36)32-10-15(24(11-32)12-33(13-24)21(37)39-23(4,5)6)18(34)30-31-19(35)25(28,29)14-7-8-16(26)17(27)9-14/h7-9,15H,10-13H2,1-6H3,(H,30,34)(H,31,35). The number of hydrogen-bond acceptors (Lipinski definition) is 6. The highest BCUT2D eigenvalue weighted by Crippen LogP contribution is 2.45. The number of hydrazine groups is 1. The van der Waals surface area contributed by atoms with Gasteiger partial charge in [-0.1, -0.05) is 29.3 Å². The molecule has 0 saturated carbocycles. The van der Waals surface area contributed by atoms with Gasteiger partial charge in [-0.15, -0.1) is 0 Å². The van der Waals surface area contributed by atoms with Gasteiger partial charge in [-0.2, -0.15) is 8.78 Å². The average molecular weight is 593 g/mol. The van der Waals surface area contributed by atoms with E-state index in [0.717, 1.165) is 18.2 Å². The molecule has 216 valence electrons. The molecule has 0 bridgehead atoms. The molecule has 0 aromatic heterocycles. The molecule has 3 rings (SSSR count). The van der Waals surface area contributed by atoms with Crippen LogP contribution in [0, 0.1) is 11.3 Å². The number of alkyl halides is 2. The second kappa shape index (κ2) is 10.6. The van der Waals surface area contributed by atoms with E-state index in [-0.39, 0.29) is 36.2 Å². The number of amides is 4. The number of hydrogen-bond donors (Lipinski definition) is 2. The van der Waals surface area contributed by atoms with Crippen LogP contribution >= 0.6 is 23.2 Å². The molecule has 2 heterocycles. The van der Waals surface area contributed by atoms with Crippen LogP contribution in [0.15, 0.2) is 18.2 Å². The monoisotopic (exact) mass is 592 g/mol. The second-order valence-corrected chi connectivity index (χ2v) is 12.6. The number of rotatable bonds is 3. The van der Waals surface area contributed by atoms with Crippen molar-refractivity contribution in [3.05, 3.63) is 33.8 Å². The Balaban J connectivity index is 1.73. The molecule has 1 unspecified atom stereocenters. The third-order valence-corrected chi connectivity index (χ3v) is 6.88. The molecule has 1 spiro atoms. The van der Waals surface area contributed by atoms with Crippen molar-refractivity contribution >= 4 is 47.2 Å². The van der Waals surface area contributed by atoms with Gasteiger partial charge in [-0.25, -0.2) is 9.59 Å². The smallest absolute Gasteiger partial charge is 0.410 e. The minimum Gasteiger partial charge on any atom is -0.444 e. The fraction of sp³-hybridized carbons (Fsp3) is 0.600. The number of halogens is 4. The summed E-state index contributed by atoms with van der Waals surface area (Å²) in [4.78, 5) is 53.4. The fourth-order valence-electron chi connectivity index (χ4n) is 4.39. The van der Waals surface area contributed by atoms with Crippen molar-refractivity contribution in [3.8, 4) is 0 Å². The summed E-state index contributed by atoms with van der Waals surface area (Å²) in [5.41, 5.74) is 0.665. The van der Waals surface area contributed by atoms with Crippen molar-refractivity contribution in [2.45, 2.75) is 58.7 Å². The van der Waals surface area contributed by atoms with Crippen LogP contribution in [0.5, 0.6) is 0 Å². The van der Waals surface area contributed by atoms with E-state index in [9.17, 15) is 28.0 Å². The summed E-state index contributed by atoms with van der Waals surface area (Å²) in [6, 6.07) is 2.93. The lowest BCUT2D eigenvalue weighted by Crippen LogP contribution is -2.65. The second-order valence-electron chi connectivity index (χ2n) is 11.8. The predicted molar refractivity (Wildman–Crippen MR) is 138 cm³/mol. The van der Waals surface area contributed by atoms with Gasteiger partial charge < -0.3 is 19.3 Å². The zero-order valence-corrected chi connectivity index (χ0v) is 24.0. The minimum absolute atomic E-state index is 0.0342. The predicted octanol–water partition coefficient (Wildman–Crippen LogP) is 4.34. The Bertz CT molecular complexity index is 1160. The molecule has 2 saturated heterocycles. The van der Waals surface area contributed by atoms with Crippen molar-refractivity contribution < 1.29 is 37.4 Å². The number of nitrogens with one attached hydrogen (secondary N) is 2. The van der Waals surface area contributed by atoms with Crippen molar-refractivity contribution in [2.24, 2.45) is 11.3 Å². The molecule has 1 aromatic carbocycles. The molecule has 2 fully saturated rings. The van der Waals surface area contributed by atoms with Gasteiger partial charge >= 0.3 is 24.0 Å². The minimum atomic E-state index is -4.04. The summed E-state index contributed by atoms with van der Waals surface area (Å²) in [5.74, 6) is -7.58. The van der Waals surface area contributed by atoms with Gasteiger partial charge in [0.05, 0.1) is 16.0 Å². The number of carbonyl (C=O) groups excluding carboxylic acids is 4. The average Bonchev–Trinajstić information content (AvgIpc) is 3.17. The highest BCUT2D eigenvalue weighted by molar-refractivity contribution is 6.42. The van der Waals surface area contributed by atoms with E-state index in [1.54, 1.807) is 47.0 Å². The van der Waals surface area contributed by atoms with Gasteiger partial charge in [0.15, 0.2) is 0 Å². The number of likely N-dealkylation sites (tertiary alicyclic amines) is 2. The Hall–Kier alpha value is -2.86. The molecule has 4 amide bonds. The van der Waals surface area contributed by atoms with Gasteiger partial charge in [-0.3, -0.25) is 20.4 Å². The number of benzene rings is 1. The van der Waals surface area contributed by atoms with E-state index >= 15 is 0 Å². The molecular weight excluding hydrogens is 561 g/mol. The highest BCUT2D eigenvalue weighted by atomic mass is 35.5. The number of nitrogens with zero attached hydrogens (tertiary/aromatic N) is 2. The molecular formula is C25H32Cl2F2N4O6. The molecule has 2 aliphatic heterocycles. The summed E-state index contributed by atoms with van der Waals surface area (Å²) in [6.07, 6.45) is -1.25. The van der Waals surface area contributed by atoms with Crippen LogP contribution in [0.4, 0.5) is 18.4 Å². The van der Waals surface area contributed by atoms with Crippen LogP contribution in [0.25, 0.3) is 0 Å². The summed E-state index contributed by atoms with van der Waals surface area (Å²) >= 11 is 11.6. The van der Waals surface area contributed by atoms with Crippen molar-refractivity contribution in [2.75, 3.05) is 26.2 Å². The molecule has 10 nitrogen and oxygen atoms in total. The van der Waals surface area contributed by atoms with Crippen molar-refractivity contribution in [1.82, 2.24) is 20.7 Å².